The highest BCUT2D eigenvalue weighted by molar-refractivity contribution is 5.70. The second-order valence-corrected chi connectivity index (χ2v) is 4.44. The Morgan fingerprint density at radius 3 is 2.50 bits per heavy atom. The zero-order chi connectivity index (χ0) is 11.9. The van der Waals surface area contributed by atoms with E-state index in [0.29, 0.717) is 5.56 Å². The molecule has 86 valence electrons. The van der Waals surface area contributed by atoms with Crippen LogP contribution in [0.25, 0.3) is 0 Å². The first-order valence-electron chi connectivity index (χ1n) is 5.12. The minimum atomic E-state index is -0.903. The number of rotatable bonds is 3. The van der Waals surface area contributed by atoms with Gasteiger partial charge in [0.1, 0.15) is 0 Å². The summed E-state index contributed by atoms with van der Waals surface area (Å²) < 4.78 is 26.3. The Morgan fingerprint density at radius 2 is 2.06 bits per heavy atom. The van der Waals surface area contributed by atoms with Gasteiger partial charge in [-0.15, -0.1) is 0 Å². The van der Waals surface area contributed by atoms with Gasteiger partial charge in [-0.1, -0.05) is 6.07 Å². The van der Waals surface area contributed by atoms with Gasteiger partial charge < -0.3 is 5.11 Å². The first-order valence-corrected chi connectivity index (χ1v) is 5.12. The molecule has 0 aromatic heterocycles. The fraction of sp³-hybridized carbons (Fsp3) is 0.417. The van der Waals surface area contributed by atoms with Crippen LogP contribution in [0.1, 0.15) is 30.4 Å². The number of halogens is 2. The molecule has 0 radical (unpaired) electrons. The van der Waals surface area contributed by atoms with E-state index >= 15 is 0 Å². The predicted octanol–water partition coefficient (Wildman–Crippen LogP) is 2.78. The normalized spacial score (nSPS) is 17.2. The maximum absolute atomic E-state index is 13.2. The van der Waals surface area contributed by atoms with Gasteiger partial charge in [-0.05, 0) is 37.0 Å². The first kappa shape index (κ1) is 11.0. The van der Waals surface area contributed by atoms with Crippen LogP contribution < -0.4 is 0 Å². The maximum Gasteiger partial charge on any atom is 0.304 e. The number of hydrogen-bond donors (Lipinski definition) is 1. The Labute approximate surface area is 91.9 Å². The monoisotopic (exact) mass is 226 g/mol. The van der Waals surface area contributed by atoms with Crippen molar-refractivity contribution >= 4 is 5.97 Å². The Balaban J connectivity index is 2.38. The third kappa shape index (κ3) is 1.79. The molecule has 0 atom stereocenters. The van der Waals surface area contributed by atoms with Gasteiger partial charge in [0.2, 0.25) is 0 Å². The highest BCUT2D eigenvalue weighted by Crippen LogP contribution is 2.51. The van der Waals surface area contributed by atoms with Crippen LogP contribution in [0.2, 0.25) is 0 Å². The largest absolute Gasteiger partial charge is 0.481 e. The molecule has 16 heavy (non-hydrogen) atoms. The molecule has 1 N–H and O–H groups in total. The van der Waals surface area contributed by atoms with Crippen LogP contribution in [0.5, 0.6) is 0 Å². The number of carboxylic acids is 1. The van der Waals surface area contributed by atoms with Gasteiger partial charge >= 0.3 is 5.97 Å². The molecule has 0 spiro atoms. The van der Waals surface area contributed by atoms with E-state index in [2.05, 4.69) is 0 Å². The molecular weight excluding hydrogens is 214 g/mol. The summed E-state index contributed by atoms with van der Waals surface area (Å²) in [6.45, 7) is 1.48. The first-order chi connectivity index (χ1) is 7.44. The summed E-state index contributed by atoms with van der Waals surface area (Å²) in [7, 11) is 0. The Hall–Kier alpha value is -1.45. The molecule has 0 saturated heterocycles. The maximum atomic E-state index is 13.2. The van der Waals surface area contributed by atoms with Crippen molar-refractivity contribution in [2.24, 2.45) is 0 Å². The fourth-order valence-corrected chi connectivity index (χ4v) is 2.04. The Bertz CT molecular complexity index is 427. The van der Waals surface area contributed by atoms with Gasteiger partial charge in [-0.2, -0.15) is 0 Å². The molecule has 2 rings (SSSR count). The number of carbonyl (C=O) groups is 1. The average molecular weight is 226 g/mol. The van der Waals surface area contributed by atoms with E-state index in [1.165, 1.54) is 6.92 Å². The van der Waals surface area contributed by atoms with Gasteiger partial charge in [-0.25, -0.2) is 8.78 Å². The summed E-state index contributed by atoms with van der Waals surface area (Å²) >= 11 is 0. The average Bonchev–Trinajstić information content (AvgIpc) is 2.93. The van der Waals surface area contributed by atoms with Crippen LogP contribution in [-0.4, -0.2) is 11.1 Å². The molecule has 0 unspecified atom stereocenters. The van der Waals surface area contributed by atoms with Crippen LogP contribution in [0, 0.1) is 18.6 Å². The number of aryl methyl sites for hydroxylation is 1. The summed E-state index contributed by atoms with van der Waals surface area (Å²) in [6.07, 6.45) is 1.44. The van der Waals surface area contributed by atoms with Crippen LogP contribution in [-0.2, 0) is 10.2 Å². The quantitative estimate of drug-likeness (QED) is 0.860. The lowest BCUT2D eigenvalue weighted by Gasteiger charge is -2.14. The number of carboxylic acid groups (broad SMARTS) is 1. The molecule has 1 fully saturated rings. The van der Waals surface area contributed by atoms with E-state index in [4.69, 9.17) is 5.11 Å². The number of benzene rings is 1. The second kappa shape index (κ2) is 3.54. The zero-order valence-electron chi connectivity index (χ0n) is 8.89. The molecule has 1 aliphatic rings. The van der Waals surface area contributed by atoms with Crippen LogP contribution in [0.3, 0.4) is 0 Å². The van der Waals surface area contributed by atoms with Gasteiger partial charge in [-0.3, -0.25) is 4.79 Å². The third-order valence-electron chi connectivity index (χ3n) is 3.17. The minimum Gasteiger partial charge on any atom is -0.481 e. The molecule has 1 aromatic rings. The van der Waals surface area contributed by atoms with Crippen LogP contribution in [0.4, 0.5) is 8.78 Å². The van der Waals surface area contributed by atoms with Crippen LogP contribution >= 0.6 is 0 Å². The van der Waals surface area contributed by atoms with Gasteiger partial charge in [0, 0.05) is 5.41 Å². The second-order valence-electron chi connectivity index (χ2n) is 4.44. The fourth-order valence-electron chi connectivity index (χ4n) is 2.04. The van der Waals surface area contributed by atoms with Crippen molar-refractivity contribution in [3.8, 4) is 0 Å². The van der Waals surface area contributed by atoms with Crippen molar-refractivity contribution in [2.75, 3.05) is 0 Å². The van der Waals surface area contributed by atoms with Crippen molar-refractivity contribution in [1.29, 1.82) is 0 Å². The van der Waals surface area contributed by atoms with E-state index in [-0.39, 0.29) is 12.0 Å². The lowest BCUT2D eigenvalue weighted by Crippen LogP contribution is -2.14. The van der Waals surface area contributed by atoms with E-state index in [1.807, 2.05) is 0 Å². The Kier molecular flexibility index (Phi) is 2.45. The Morgan fingerprint density at radius 1 is 1.44 bits per heavy atom. The summed E-state index contributed by atoms with van der Waals surface area (Å²) in [6, 6.07) is 2.67. The topological polar surface area (TPSA) is 37.3 Å². The van der Waals surface area contributed by atoms with E-state index < -0.39 is 23.0 Å². The lowest BCUT2D eigenvalue weighted by molar-refractivity contribution is -0.137. The number of hydrogen-bond acceptors (Lipinski definition) is 1. The van der Waals surface area contributed by atoms with Crippen molar-refractivity contribution in [2.45, 2.75) is 31.6 Å². The van der Waals surface area contributed by atoms with Gasteiger partial charge in [0.05, 0.1) is 6.42 Å². The molecule has 2 nitrogen and oxygen atoms in total. The summed E-state index contributed by atoms with van der Waals surface area (Å²) in [5.74, 6) is -2.65. The molecule has 4 heteroatoms. The van der Waals surface area contributed by atoms with Crippen LogP contribution in [0.15, 0.2) is 12.1 Å². The summed E-state index contributed by atoms with van der Waals surface area (Å²) in [4.78, 5) is 10.7. The number of aliphatic carboxylic acids is 1. The van der Waals surface area contributed by atoms with E-state index in [0.717, 1.165) is 18.9 Å². The molecule has 1 aliphatic carbocycles. The van der Waals surface area contributed by atoms with Crippen molar-refractivity contribution in [3.05, 3.63) is 34.9 Å². The summed E-state index contributed by atoms with van der Waals surface area (Å²) in [5.41, 5.74) is 0.364. The molecule has 1 aromatic carbocycles. The van der Waals surface area contributed by atoms with Crippen molar-refractivity contribution in [1.82, 2.24) is 0 Å². The molecule has 1 saturated carbocycles. The molecule has 0 amide bonds. The lowest BCUT2D eigenvalue weighted by atomic mass is 9.91. The van der Waals surface area contributed by atoms with Gasteiger partial charge in [0.15, 0.2) is 11.6 Å². The molecule has 0 bridgehead atoms. The standard InChI is InChI=1S/C12H12F2O2/c1-7-4-8(5-9(13)11(7)14)12(2-3-12)6-10(15)16/h4-5H,2-3,6H2,1H3,(H,15,16). The van der Waals surface area contributed by atoms with Gasteiger partial charge in [0.25, 0.3) is 0 Å². The van der Waals surface area contributed by atoms with E-state index in [1.54, 1.807) is 6.07 Å². The zero-order valence-corrected chi connectivity index (χ0v) is 8.89. The highest BCUT2D eigenvalue weighted by atomic mass is 19.2. The summed E-state index contributed by atoms with van der Waals surface area (Å²) in [5, 5.41) is 8.78. The smallest absolute Gasteiger partial charge is 0.304 e. The third-order valence-corrected chi connectivity index (χ3v) is 3.17. The SMILES string of the molecule is Cc1cc(C2(CC(=O)O)CC2)cc(F)c1F. The molecule has 0 aliphatic heterocycles. The molecule has 0 heterocycles. The highest BCUT2D eigenvalue weighted by Gasteiger charge is 2.46. The molecular formula is C12H12F2O2. The minimum absolute atomic E-state index is 0.0164. The van der Waals surface area contributed by atoms with E-state index in [9.17, 15) is 13.6 Å². The van der Waals surface area contributed by atoms with Crippen molar-refractivity contribution in [3.63, 3.8) is 0 Å². The predicted molar refractivity (Wildman–Crippen MR) is 54.3 cm³/mol. The van der Waals surface area contributed by atoms with Crippen molar-refractivity contribution < 1.29 is 18.7 Å².